The molecule has 4 aromatic rings. The summed E-state index contributed by atoms with van der Waals surface area (Å²) in [6.45, 7) is 1.83. The minimum absolute atomic E-state index is 0.00654. The van der Waals surface area contributed by atoms with E-state index < -0.39 is 19.9 Å². The summed E-state index contributed by atoms with van der Waals surface area (Å²) in [5.41, 5.74) is 0.767. The number of nitrogens with one attached hydrogen (secondary N) is 1. The normalized spacial score (nSPS) is 12.0. The van der Waals surface area contributed by atoms with E-state index >= 15 is 0 Å². The number of benzene rings is 4. The number of aryl methyl sites for hydroxylation is 1. The Hall–Kier alpha value is -3.36. The number of phenols is 1. The second kappa shape index (κ2) is 7.72. The molecule has 0 aliphatic rings. The van der Waals surface area contributed by atoms with Crippen LogP contribution < -0.4 is 4.72 Å². The van der Waals surface area contributed by atoms with Crippen LogP contribution in [0.15, 0.2) is 99.6 Å². The molecule has 4 aromatic carbocycles. The summed E-state index contributed by atoms with van der Waals surface area (Å²) >= 11 is 0. The Morgan fingerprint density at radius 3 is 1.94 bits per heavy atom. The van der Waals surface area contributed by atoms with Crippen LogP contribution in [0.25, 0.3) is 10.8 Å². The summed E-state index contributed by atoms with van der Waals surface area (Å²) in [4.78, 5) is -0.342. The lowest BCUT2D eigenvalue weighted by Crippen LogP contribution is -2.16. The second-order valence-corrected chi connectivity index (χ2v) is 10.6. The van der Waals surface area contributed by atoms with Gasteiger partial charge >= 0.3 is 0 Å². The number of phenolic OH excluding ortho intramolecular Hbond substituents is 1. The van der Waals surface area contributed by atoms with Crippen molar-refractivity contribution in [1.82, 2.24) is 0 Å². The summed E-state index contributed by atoms with van der Waals surface area (Å²) in [6, 6.07) is 21.4. The molecule has 0 aliphatic carbocycles. The minimum atomic E-state index is -4.14. The summed E-state index contributed by atoms with van der Waals surface area (Å²) < 4.78 is 55.4. The number of hydrogen-bond donors (Lipinski definition) is 2. The van der Waals surface area contributed by atoms with Crippen LogP contribution in [0.4, 0.5) is 5.69 Å². The molecule has 0 atom stereocenters. The van der Waals surface area contributed by atoms with Crippen molar-refractivity contribution in [3.8, 4) is 5.75 Å². The highest BCUT2D eigenvalue weighted by Gasteiger charge is 2.27. The van der Waals surface area contributed by atoms with Gasteiger partial charge in [-0.25, -0.2) is 16.8 Å². The predicted octanol–water partition coefficient (Wildman–Crippen LogP) is 4.49. The van der Waals surface area contributed by atoms with Crippen LogP contribution in [0.5, 0.6) is 5.75 Å². The first-order chi connectivity index (χ1) is 14.7. The summed E-state index contributed by atoms with van der Waals surface area (Å²) in [6.07, 6.45) is 0. The molecule has 0 aromatic heterocycles. The Kier molecular flexibility index (Phi) is 5.20. The van der Waals surface area contributed by atoms with Gasteiger partial charge in [0.15, 0.2) is 0 Å². The lowest BCUT2D eigenvalue weighted by Gasteiger charge is -2.17. The first kappa shape index (κ1) is 20.9. The number of hydrogen-bond acceptors (Lipinski definition) is 5. The molecule has 0 fully saturated rings. The maximum Gasteiger partial charge on any atom is 0.261 e. The van der Waals surface area contributed by atoms with Gasteiger partial charge in [-0.15, -0.1) is 0 Å². The molecule has 2 N–H and O–H groups in total. The fraction of sp³-hybridized carbons (Fsp3) is 0.0435. The highest BCUT2D eigenvalue weighted by Crippen LogP contribution is 2.40. The molecule has 31 heavy (non-hydrogen) atoms. The van der Waals surface area contributed by atoms with E-state index in [2.05, 4.69) is 4.72 Å². The van der Waals surface area contributed by atoms with Crippen molar-refractivity contribution in [3.63, 3.8) is 0 Å². The number of anilines is 1. The maximum absolute atomic E-state index is 13.4. The van der Waals surface area contributed by atoms with Gasteiger partial charge in [-0.1, -0.05) is 60.2 Å². The van der Waals surface area contributed by atoms with Crippen LogP contribution in [0.2, 0.25) is 0 Å². The molecular weight excluding hydrogens is 434 g/mol. The van der Waals surface area contributed by atoms with Crippen molar-refractivity contribution in [1.29, 1.82) is 0 Å². The standard InChI is InChI=1S/C23H19NO5S2/c1-16-11-13-17(14-12-16)30(26,27)22-15-21(25)19-9-5-6-10-20(19)23(22)24-31(28,29)18-7-3-2-4-8-18/h2-15,24-25H,1H3. The van der Waals surface area contributed by atoms with Gasteiger partial charge in [0.1, 0.15) is 10.6 Å². The Bertz CT molecular complexity index is 1480. The largest absolute Gasteiger partial charge is 0.507 e. The fourth-order valence-corrected chi connectivity index (χ4v) is 5.92. The Labute approximate surface area is 180 Å². The monoisotopic (exact) mass is 453 g/mol. The van der Waals surface area contributed by atoms with E-state index in [0.29, 0.717) is 5.39 Å². The first-order valence-corrected chi connectivity index (χ1v) is 12.3. The smallest absolute Gasteiger partial charge is 0.261 e. The van der Waals surface area contributed by atoms with Crippen molar-refractivity contribution < 1.29 is 21.9 Å². The van der Waals surface area contributed by atoms with Gasteiger partial charge in [0, 0.05) is 16.8 Å². The zero-order chi connectivity index (χ0) is 22.2. The van der Waals surface area contributed by atoms with Gasteiger partial charge in [-0.2, -0.15) is 0 Å². The molecule has 0 bridgehead atoms. The van der Waals surface area contributed by atoms with E-state index in [1.165, 1.54) is 24.3 Å². The van der Waals surface area contributed by atoms with Crippen LogP contribution in [0, 0.1) is 6.92 Å². The molecular formula is C23H19NO5S2. The Morgan fingerprint density at radius 1 is 0.710 bits per heavy atom. The third kappa shape index (κ3) is 3.87. The van der Waals surface area contributed by atoms with E-state index in [9.17, 15) is 21.9 Å². The highest BCUT2D eigenvalue weighted by molar-refractivity contribution is 7.93. The average Bonchev–Trinajstić information content (AvgIpc) is 2.76. The van der Waals surface area contributed by atoms with E-state index in [0.717, 1.165) is 11.6 Å². The van der Waals surface area contributed by atoms with Crippen LogP contribution in [0.1, 0.15) is 5.56 Å². The third-order valence-electron chi connectivity index (χ3n) is 4.90. The highest BCUT2D eigenvalue weighted by atomic mass is 32.2. The summed E-state index contributed by atoms with van der Waals surface area (Å²) in [5.74, 6) is -0.260. The van der Waals surface area contributed by atoms with Gasteiger partial charge in [-0.3, -0.25) is 4.72 Å². The van der Waals surface area contributed by atoms with E-state index in [1.807, 2.05) is 6.92 Å². The topological polar surface area (TPSA) is 101 Å². The van der Waals surface area contributed by atoms with Gasteiger partial charge < -0.3 is 5.11 Å². The molecule has 8 heteroatoms. The van der Waals surface area contributed by atoms with E-state index in [4.69, 9.17) is 0 Å². The molecule has 0 radical (unpaired) electrons. The zero-order valence-electron chi connectivity index (χ0n) is 16.5. The average molecular weight is 454 g/mol. The molecule has 0 heterocycles. The molecule has 0 spiro atoms. The number of sulfonamides is 1. The van der Waals surface area contributed by atoms with Crippen molar-refractivity contribution in [2.45, 2.75) is 21.6 Å². The Balaban J connectivity index is 1.99. The molecule has 0 unspecified atom stereocenters. The van der Waals surface area contributed by atoms with E-state index in [1.54, 1.807) is 54.6 Å². The molecule has 0 amide bonds. The van der Waals surface area contributed by atoms with Crippen molar-refractivity contribution in [3.05, 3.63) is 90.5 Å². The summed E-state index contributed by atoms with van der Waals surface area (Å²) in [7, 11) is -8.23. The van der Waals surface area contributed by atoms with Crippen LogP contribution >= 0.6 is 0 Å². The molecule has 6 nitrogen and oxygen atoms in total. The van der Waals surface area contributed by atoms with Crippen molar-refractivity contribution in [2.24, 2.45) is 0 Å². The minimum Gasteiger partial charge on any atom is -0.507 e. The van der Waals surface area contributed by atoms with Crippen molar-refractivity contribution >= 4 is 36.3 Å². The van der Waals surface area contributed by atoms with Crippen molar-refractivity contribution in [2.75, 3.05) is 4.72 Å². The van der Waals surface area contributed by atoms with Crippen LogP contribution in [0.3, 0.4) is 0 Å². The van der Waals surface area contributed by atoms with E-state index in [-0.39, 0.29) is 31.5 Å². The number of sulfone groups is 1. The van der Waals surface area contributed by atoms with Gasteiger partial charge in [0.2, 0.25) is 9.84 Å². The molecule has 0 saturated carbocycles. The Morgan fingerprint density at radius 2 is 1.29 bits per heavy atom. The molecule has 0 saturated heterocycles. The van der Waals surface area contributed by atoms with Gasteiger partial charge in [-0.05, 0) is 31.2 Å². The quantitative estimate of drug-likeness (QED) is 0.434. The lowest BCUT2D eigenvalue weighted by molar-refractivity contribution is 0.479. The number of fused-ring (bicyclic) bond motifs is 1. The SMILES string of the molecule is Cc1ccc(S(=O)(=O)c2cc(O)c3ccccc3c2NS(=O)(=O)c2ccccc2)cc1. The third-order valence-corrected chi connectivity index (χ3v) is 8.06. The summed E-state index contributed by atoms with van der Waals surface area (Å²) in [5, 5.41) is 11.1. The first-order valence-electron chi connectivity index (χ1n) is 9.34. The van der Waals surface area contributed by atoms with Crippen LogP contribution in [-0.4, -0.2) is 21.9 Å². The molecule has 0 aliphatic heterocycles. The number of aromatic hydroxyl groups is 1. The second-order valence-electron chi connectivity index (χ2n) is 7.05. The molecule has 4 rings (SSSR count). The van der Waals surface area contributed by atoms with Crippen LogP contribution in [-0.2, 0) is 19.9 Å². The lowest BCUT2D eigenvalue weighted by atomic mass is 10.1. The zero-order valence-corrected chi connectivity index (χ0v) is 18.1. The maximum atomic E-state index is 13.4. The fourth-order valence-electron chi connectivity index (χ4n) is 3.29. The number of rotatable bonds is 5. The van der Waals surface area contributed by atoms with Gasteiger partial charge in [0.05, 0.1) is 15.5 Å². The molecule has 158 valence electrons. The van der Waals surface area contributed by atoms with Gasteiger partial charge in [0.25, 0.3) is 10.0 Å². The predicted molar refractivity (Wildman–Crippen MR) is 119 cm³/mol.